The first-order valence-corrected chi connectivity index (χ1v) is 4.88. The maximum Gasteiger partial charge on any atom is 0.320 e. The molecule has 0 aromatic heterocycles. The minimum absolute atomic E-state index is 0.104. The van der Waals surface area contributed by atoms with Crippen molar-refractivity contribution in [1.82, 2.24) is 0 Å². The van der Waals surface area contributed by atoms with E-state index in [4.69, 9.17) is 15.6 Å². The second kappa shape index (κ2) is 3.90. The number of ether oxygens (including phenoxy) is 1. The van der Waals surface area contributed by atoms with E-state index in [0.717, 1.165) is 11.3 Å². The molecule has 2 unspecified atom stereocenters. The molecule has 0 radical (unpaired) electrons. The average Bonchev–Trinajstić information content (AvgIpc) is 2.62. The molecule has 80 valence electrons. The highest BCUT2D eigenvalue weighted by molar-refractivity contribution is 5.73. The second-order valence-corrected chi connectivity index (χ2v) is 3.73. The molecule has 15 heavy (non-hydrogen) atoms. The summed E-state index contributed by atoms with van der Waals surface area (Å²) in [6.07, 6.45) is 0.423. The van der Waals surface area contributed by atoms with E-state index >= 15 is 0 Å². The van der Waals surface area contributed by atoms with Gasteiger partial charge in [0.15, 0.2) is 0 Å². The van der Waals surface area contributed by atoms with Crippen LogP contribution in [0.25, 0.3) is 0 Å². The Hall–Kier alpha value is -1.55. The van der Waals surface area contributed by atoms with Crippen molar-refractivity contribution >= 4 is 5.97 Å². The number of benzene rings is 1. The maximum atomic E-state index is 10.6. The third-order valence-corrected chi connectivity index (χ3v) is 2.65. The molecule has 0 bridgehead atoms. The van der Waals surface area contributed by atoms with E-state index in [1.165, 1.54) is 0 Å². The van der Waals surface area contributed by atoms with Crippen LogP contribution < -0.4 is 10.5 Å². The Labute approximate surface area is 87.7 Å². The lowest BCUT2D eigenvalue weighted by atomic mass is 9.94. The van der Waals surface area contributed by atoms with Gasteiger partial charge in [-0.15, -0.1) is 0 Å². The summed E-state index contributed by atoms with van der Waals surface area (Å²) in [5.74, 6) is -0.00762. The highest BCUT2D eigenvalue weighted by atomic mass is 16.5. The van der Waals surface area contributed by atoms with E-state index in [9.17, 15) is 4.79 Å². The van der Waals surface area contributed by atoms with Crippen molar-refractivity contribution < 1.29 is 14.6 Å². The van der Waals surface area contributed by atoms with Gasteiger partial charge in [-0.1, -0.05) is 18.2 Å². The molecule has 3 N–H and O–H groups in total. The third kappa shape index (κ3) is 1.94. The molecule has 4 heteroatoms. The van der Waals surface area contributed by atoms with E-state index < -0.39 is 12.0 Å². The van der Waals surface area contributed by atoms with Gasteiger partial charge in [0.2, 0.25) is 0 Å². The number of carbonyl (C=O) groups is 1. The monoisotopic (exact) mass is 207 g/mol. The predicted molar refractivity (Wildman–Crippen MR) is 54.9 cm³/mol. The summed E-state index contributed by atoms with van der Waals surface area (Å²) in [4.78, 5) is 10.6. The van der Waals surface area contributed by atoms with E-state index in [1.807, 2.05) is 24.3 Å². The molecule has 1 heterocycles. The van der Waals surface area contributed by atoms with Crippen molar-refractivity contribution in [2.75, 3.05) is 6.61 Å². The molecule has 0 spiro atoms. The van der Waals surface area contributed by atoms with Gasteiger partial charge < -0.3 is 15.6 Å². The van der Waals surface area contributed by atoms with Crippen molar-refractivity contribution in [3.05, 3.63) is 29.8 Å². The highest BCUT2D eigenvalue weighted by Crippen LogP contribution is 2.35. The van der Waals surface area contributed by atoms with Crippen LogP contribution in [0.2, 0.25) is 0 Å². The Morgan fingerprint density at radius 1 is 1.60 bits per heavy atom. The van der Waals surface area contributed by atoms with Crippen LogP contribution in [0.1, 0.15) is 17.9 Å². The van der Waals surface area contributed by atoms with Gasteiger partial charge in [0.1, 0.15) is 11.8 Å². The SMILES string of the molecule is NC(CC1COc2ccccc21)C(=O)O. The van der Waals surface area contributed by atoms with E-state index in [2.05, 4.69) is 0 Å². The first-order chi connectivity index (χ1) is 7.18. The zero-order valence-electron chi connectivity index (χ0n) is 8.22. The summed E-state index contributed by atoms with van der Waals surface area (Å²) in [6, 6.07) is 6.86. The molecule has 1 aliphatic rings. The van der Waals surface area contributed by atoms with Crippen molar-refractivity contribution in [1.29, 1.82) is 0 Å². The van der Waals surface area contributed by atoms with E-state index in [-0.39, 0.29) is 5.92 Å². The zero-order chi connectivity index (χ0) is 10.8. The van der Waals surface area contributed by atoms with Crippen molar-refractivity contribution in [3.8, 4) is 5.75 Å². The van der Waals surface area contributed by atoms with Gasteiger partial charge >= 0.3 is 5.97 Å². The zero-order valence-corrected chi connectivity index (χ0v) is 8.22. The minimum atomic E-state index is -0.959. The number of aliphatic carboxylic acids is 1. The standard InChI is InChI=1S/C11H13NO3/c12-9(11(13)14)5-7-6-15-10-4-2-1-3-8(7)10/h1-4,7,9H,5-6,12H2,(H,13,14). The normalized spacial score (nSPS) is 20.5. The van der Waals surface area contributed by atoms with Gasteiger partial charge in [-0.25, -0.2) is 0 Å². The quantitative estimate of drug-likeness (QED) is 0.774. The molecule has 0 aliphatic carbocycles. The van der Waals surface area contributed by atoms with Crippen LogP contribution in [0.5, 0.6) is 5.75 Å². The molecular weight excluding hydrogens is 194 g/mol. The van der Waals surface area contributed by atoms with Crippen LogP contribution >= 0.6 is 0 Å². The van der Waals surface area contributed by atoms with Crippen LogP contribution in [0.4, 0.5) is 0 Å². The lowest BCUT2D eigenvalue weighted by Gasteiger charge is -2.11. The molecule has 1 aliphatic heterocycles. The molecule has 2 rings (SSSR count). The molecule has 4 nitrogen and oxygen atoms in total. The van der Waals surface area contributed by atoms with Gasteiger partial charge in [-0.2, -0.15) is 0 Å². The first kappa shape index (κ1) is 9.98. The number of carboxylic acids is 1. The molecule has 1 aromatic carbocycles. The molecule has 0 amide bonds. The molecule has 0 saturated carbocycles. The minimum Gasteiger partial charge on any atom is -0.493 e. The van der Waals surface area contributed by atoms with Gasteiger partial charge in [0.25, 0.3) is 0 Å². The Morgan fingerprint density at radius 3 is 3.07 bits per heavy atom. The van der Waals surface area contributed by atoms with E-state index in [1.54, 1.807) is 0 Å². The van der Waals surface area contributed by atoms with Crippen LogP contribution in [0, 0.1) is 0 Å². The molecule has 2 atom stereocenters. The lowest BCUT2D eigenvalue weighted by molar-refractivity contribution is -0.138. The van der Waals surface area contributed by atoms with Gasteiger partial charge in [-0.3, -0.25) is 4.79 Å². The number of carboxylic acid groups (broad SMARTS) is 1. The number of hydrogen-bond donors (Lipinski definition) is 2. The predicted octanol–water partition coefficient (Wildman–Crippen LogP) is 0.965. The van der Waals surface area contributed by atoms with Crippen LogP contribution in [0.3, 0.4) is 0 Å². The summed E-state index contributed by atoms with van der Waals surface area (Å²) < 4.78 is 5.44. The van der Waals surface area contributed by atoms with Crippen molar-refractivity contribution in [2.45, 2.75) is 18.4 Å². The van der Waals surface area contributed by atoms with Crippen LogP contribution in [-0.4, -0.2) is 23.7 Å². The summed E-state index contributed by atoms with van der Waals surface area (Å²) in [6.45, 7) is 0.528. The lowest BCUT2D eigenvalue weighted by Crippen LogP contribution is -2.32. The average molecular weight is 207 g/mol. The Morgan fingerprint density at radius 2 is 2.33 bits per heavy atom. The summed E-state index contributed by atoms with van der Waals surface area (Å²) in [7, 11) is 0. The largest absolute Gasteiger partial charge is 0.493 e. The van der Waals surface area contributed by atoms with Gasteiger partial charge in [-0.05, 0) is 12.5 Å². The fraction of sp³-hybridized carbons (Fsp3) is 0.364. The fourth-order valence-electron chi connectivity index (χ4n) is 1.83. The van der Waals surface area contributed by atoms with Crippen molar-refractivity contribution in [2.24, 2.45) is 5.73 Å². The van der Waals surface area contributed by atoms with Crippen LogP contribution in [0.15, 0.2) is 24.3 Å². The molecule has 1 aromatic rings. The Kier molecular flexibility index (Phi) is 2.60. The number of fused-ring (bicyclic) bond motifs is 1. The Balaban J connectivity index is 2.11. The third-order valence-electron chi connectivity index (χ3n) is 2.65. The number of nitrogens with two attached hydrogens (primary N) is 1. The second-order valence-electron chi connectivity index (χ2n) is 3.73. The maximum absolute atomic E-state index is 10.6. The smallest absolute Gasteiger partial charge is 0.320 e. The fourth-order valence-corrected chi connectivity index (χ4v) is 1.83. The summed E-state index contributed by atoms with van der Waals surface area (Å²) in [5.41, 5.74) is 6.56. The first-order valence-electron chi connectivity index (χ1n) is 4.88. The Bertz CT molecular complexity index is 378. The van der Waals surface area contributed by atoms with E-state index in [0.29, 0.717) is 13.0 Å². The molecular formula is C11H13NO3. The van der Waals surface area contributed by atoms with Gasteiger partial charge in [0, 0.05) is 11.5 Å². The number of para-hydroxylation sites is 1. The summed E-state index contributed by atoms with van der Waals surface area (Å²) >= 11 is 0. The number of hydrogen-bond acceptors (Lipinski definition) is 3. The highest BCUT2D eigenvalue weighted by Gasteiger charge is 2.27. The molecule has 0 fully saturated rings. The van der Waals surface area contributed by atoms with Gasteiger partial charge in [0.05, 0.1) is 6.61 Å². The van der Waals surface area contributed by atoms with Crippen molar-refractivity contribution in [3.63, 3.8) is 0 Å². The summed E-state index contributed by atoms with van der Waals surface area (Å²) in [5, 5.41) is 8.72. The van der Waals surface area contributed by atoms with Crippen LogP contribution in [-0.2, 0) is 4.79 Å². The topological polar surface area (TPSA) is 72.5 Å². The molecule has 0 saturated heterocycles. The number of rotatable bonds is 3.